The van der Waals surface area contributed by atoms with Gasteiger partial charge in [-0.2, -0.15) is 0 Å². The van der Waals surface area contributed by atoms with Gasteiger partial charge in [-0.25, -0.2) is 0 Å². The lowest BCUT2D eigenvalue weighted by Crippen LogP contribution is -2.04. The fraction of sp³-hybridized carbons (Fsp3) is 0.400. The Morgan fingerprint density at radius 1 is 1.62 bits per heavy atom. The summed E-state index contributed by atoms with van der Waals surface area (Å²) in [7, 11) is 0. The third kappa shape index (κ3) is 2.05. The maximum absolute atomic E-state index is 11.1. The Bertz CT molecular complexity index is 326. The number of nitrogens with zero attached hydrogens (tertiary/aromatic N) is 1. The van der Waals surface area contributed by atoms with Crippen molar-refractivity contribution in [2.45, 2.75) is 26.8 Å². The van der Waals surface area contributed by atoms with E-state index in [1.807, 2.05) is 11.5 Å². The minimum absolute atomic E-state index is 0.00144. The molecular weight excluding hydrogens is 166 g/mol. The molecule has 0 fully saturated rings. The second-order valence-electron chi connectivity index (χ2n) is 3.03. The van der Waals surface area contributed by atoms with Gasteiger partial charge in [-0.1, -0.05) is 6.92 Å². The van der Waals surface area contributed by atoms with Crippen LogP contribution >= 0.6 is 0 Å². The molecule has 0 saturated carbocycles. The highest BCUT2D eigenvalue weighted by Crippen LogP contribution is 2.08. The summed E-state index contributed by atoms with van der Waals surface area (Å²) >= 11 is 0. The minimum atomic E-state index is 0.00144. The van der Waals surface area contributed by atoms with E-state index in [2.05, 4.69) is 0 Å². The van der Waals surface area contributed by atoms with Crippen molar-refractivity contribution in [1.82, 2.24) is 4.57 Å². The zero-order chi connectivity index (χ0) is 9.84. The average Bonchev–Trinajstić information content (AvgIpc) is 2.48. The van der Waals surface area contributed by atoms with Gasteiger partial charge in [-0.05, 0) is 12.5 Å². The molecule has 1 heterocycles. The summed E-state index contributed by atoms with van der Waals surface area (Å²) in [6.45, 7) is 4.32. The molecule has 0 radical (unpaired) electrons. The first-order valence-corrected chi connectivity index (χ1v) is 4.35. The molecule has 3 heteroatoms. The van der Waals surface area contributed by atoms with Crippen LogP contribution < -0.4 is 0 Å². The van der Waals surface area contributed by atoms with Gasteiger partial charge in [-0.15, -0.1) is 0 Å². The molecule has 0 aromatic carbocycles. The van der Waals surface area contributed by atoms with Crippen LogP contribution in [0.2, 0.25) is 0 Å². The van der Waals surface area contributed by atoms with Crippen molar-refractivity contribution >= 4 is 12.1 Å². The van der Waals surface area contributed by atoms with Gasteiger partial charge in [0.25, 0.3) is 0 Å². The van der Waals surface area contributed by atoms with E-state index in [0.717, 1.165) is 19.3 Å². The van der Waals surface area contributed by atoms with E-state index in [1.165, 1.54) is 6.92 Å². The summed E-state index contributed by atoms with van der Waals surface area (Å²) in [5.41, 5.74) is 1.18. The average molecular weight is 179 g/mol. The number of hydrogen-bond acceptors (Lipinski definition) is 2. The summed E-state index contributed by atoms with van der Waals surface area (Å²) in [6, 6.07) is 1.63. The molecular formula is C10H13NO2. The fourth-order valence-electron chi connectivity index (χ4n) is 1.32. The highest BCUT2D eigenvalue weighted by molar-refractivity contribution is 5.94. The Balaban J connectivity index is 3.07. The number of aldehydes is 1. The molecule has 0 N–H and O–H groups in total. The first-order chi connectivity index (χ1) is 6.19. The van der Waals surface area contributed by atoms with Gasteiger partial charge < -0.3 is 4.57 Å². The molecule has 0 bridgehead atoms. The van der Waals surface area contributed by atoms with Crippen LogP contribution in [0, 0.1) is 0 Å². The zero-order valence-corrected chi connectivity index (χ0v) is 7.91. The molecule has 0 aliphatic heterocycles. The third-order valence-corrected chi connectivity index (χ3v) is 1.88. The molecule has 70 valence electrons. The molecule has 1 aromatic heterocycles. The largest absolute Gasteiger partial charge is 0.344 e. The smallest absolute Gasteiger partial charge is 0.176 e. The van der Waals surface area contributed by atoms with Crippen molar-refractivity contribution < 1.29 is 9.59 Å². The van der Waals surface area contributed by atoms with Crippen molar-refractivity contribution in [3.05, 3.63) is 23.5 Å². The molecule has 0 unspecified atom stereocenters. The maximum atomic E-state index is 11.1. The molecule has 0 aliphatic carbocycles. The predicted molar refractivity (Wildman–Crippen MR) is 50.1 cm³/mol. The number of ketones is 1. The van der Waals surface area contributed by atoms with Gasteiger partial charge in [0.15, 0.2) is 12.1 Å². The van der Waals surface area contributed by atoms with E-state index in [-0.39, 0.29) is 5.78 Å². The number of aryl methyl sites for hydroxylation is 1. The van der Waals surface area contributed by atoms with Crippen molar-refractivity contribution in [3.8, 4) is 0 Å². The van der Waals surface area contributed by atoms with Gasteiger partial charge in [0.2, 0.25) is 0 Å². The Hall–Kier alpha value is -1.38. The molecule has 1 rings (SSSR count). The first kappa shape index (κ1) is 9.71. The molecule has 13 heavy (non-hydrogen) atoms. The van der Waals surface area contributed by atoms with E-state index in [9.17, 15) is 9.59 Å². The van der Waals surface area contributed by atoms with Gasteiger partial charge >= 0.3 is 0 Å². The van der Waals surface area contributed by atoms with Gasteiger partial charge in [-0.3, -0.25) is 9.59 Å². The van der Waals surface area contributed by atoms with Crippen LogP contribution in [0.1, 0.15) is 41.1 Å². The van der Waals surface area contributed by atoms with Crippen LogP contribution in [0.3, 0.4) is 0 Å². The quantitative estimate of drug-likeness (QED) is 0.523. The van der Waals surface area contributed by atoms with E-state index < -0.39 is 0 Å². The minimum Gasteiger partial charge on any atom is -0.344 e. The van der Waals surface area contributed by atoms with Crippen LogP contribution in [0.25, 0.3) is 0 Å². The normalized spacial score (nSPS) is 10.0. The van der Waals surface area contributed by atoms with Crippen molar-refractivity contribution in [2.75, 3.05) is 0 Å². The number of carbonyl (C=O) groups is 2. The Labute approximate surface area is 77.4 Å². The summed E-state index contributed by atoms with van der Waals surface area (Å²) in [5.74, 6) is 0.00144. The van der Waals surface area contributed by atoms with Crippen LogP contribution in [0.5, 0.6) is 0 Å². The molecule has 0 atom stereocenters. The highest BCUT2D eigenvalue weighted by Gasteiger charge is 2.08. The van der Waals surface area contributed by atoms with E-state index in [4.69, 9.17) is 0 Å². The lowest BCUT2D eigenvalue weighted by molar-refractivity contribution is 0.100. The maximum Gasteiger partial charge on any atom is 0.176 e. The fourth-order valence-corrected chi connectivity index (χ4v) is 1.32. The zero-order valence-electron chi connectivity index (χ0n) is 7.91. The topological polar surface area (TPSA) is 39.1 Å². The van der Waals surface area contributed by atoms with E-state index >= 15 is 0 Å². The standard InChI is InChI=1S/C10H13NO2/c1-3-4-11-6-9(7-12)5-10(11)8(2)13/h5-7H,3-4H2,1-2H3. The monoisotopic (exact) mass is 179 g/mol. The summed E-state index contributed by atoms with van der Waals surface area (Å²) in [6.07, 6.45) is 3.43. The first-order valence-electron chi connectivity index (χ1n) is 4.35. The molecule has 0 spiro atoms. The van der Waals surface area contributed by atoms with Crippen LogP contribution in [0.15, 0.2) is 12.3 Å². The van der Waals surface area contributed by atoms with Crippen molar-refractivity contribution in [2.24, 2.45) is 0 Å². The lowest BCUT2D eigenvalue weighted by Gasteiger charge is -2.03. The van der Waals surface area contributed by atoms with Crippen LogP contribution in [-0.4, -0.2) is 16.6 Å². The van der Waals surface area contributed by atoms with E-state index in [0.29, 0.717) is 11.3 Å². The van der Waals surface area contributed by atoms with Crippen LogP contribution in [0.4, 0.5) is 0 Å². The number of rotatable bonds is 4. The van der Waals surface area contributed by atoms with Gasteiger partial charge in [0.05, 0.1) is 5.69 Å². The number of Topliss-reactive ketones (excluding diaryl/α,β-unsaturated/α-hetero) is 1. The Kier molecular flexibility index (Phi) is 3.01. The third-order valence-electron chi connectivity index (χ3n) is 1.88. The van der Waals surface area contributed by atoms with Crippen molar-refractivity contribution in [3.63, 3.8) is 0 Å². The molecule has 3 nitrogen and oxygen atoms in total. The lowest BCUT2D eigenvalue weighted by atomic mass is 10.3. The second kappa shape index (κ2) is 4.03. The number of aromatic nitrogens is 1. The Morgan fingerprint density at radius 3 is 2.77 bits per heavy atom. The summed E-state index contributed by atoms with van der Waals surface area (Å²) in [5, 5.41) is 0. The second-order valence-corrected chi connectivity index (χ2v) is 3.03. The highest BCUT2D eigenvalue weighted by atomic mass is 16.1. The van der Waals surface area contributed by atoms with Gasteiger partial charge in [0.1, 0.15) is 0 Å². The predicted octanol–water partition coefficient (Wildman–Crippen LogP) is 1.91. The number of carbonyl (C=O) groups excluding carboxylic acids is 2. The molecule has 0 aliphatic rings. The summed E-state index contributed by atoms with van der Waals surface area (Å²) in [4.78, 5) is 21.6. The van der Waals surface area contributed by atoms with Crippen molar-refractivity contribution in [1.29, 1.82) is 0 Å². The molecule has 0 saturated heterocycles. The molecule has 1 aromatic rings. The Morgan fingerprint density at radius 2 is 2.31 bits per heavy atom. The molecule has 0 amide bonds. The SMILES string of the molecule is CCCn1cc(C=O)cc1C(C)=O. The van der Waals surface area contributed by atoms with Crippen LogP contribution in [-0.2, 0) is 6.54 Å². The summed E-state index contributed by atoms with van der Waals surface area (Å²) < 4.78 is 1.83. The van der Waals surface area contributed by atoms with E-state index in [1.54, 1.807) is 12.3 Å². The number of hydrogen-bond donors (Lipinski definition) is 0. The van der Waals surface area contributed by atoms with Gasteiger partial charge in [0, 0.05) is 25.2 Å².